The largest absolute Gasteiger partial charge is 0.379 e. The molecule has 1 aliphatic heterocycles. The maximum absolute atomic E-state index is 12.5. The Balaban J connectivity index is 1.82. The summed E-state index contributed by atoms with van der Waals surface area (Å²) in [4.78, 5) is 13.5. The van der Waals surface area contributed by atoms with Gasteiger partial charge in [-0.25, -0.2) is 4.79 Å². The molecule has 1 fully saturated rings. The Bertz CT molecular complexity index is 863. The molecule has 1 N–H and O–H groups in total. The van der Waals surface area contributed by atoms with Gasteiger partial charge in [-0.1, -0.05) is 25.1 Å². The first-order valence-electron chi connectivity index (χ1n) is 8.19. The van der Waals surface area contributed by atoms with Gasteiger partial charge in [-0.15, -0.1) is 0 Å². The summed E-state index contributed by atoms with van der Waals surface area (Å²) in [6, 6.07) is 13.0. The minimum Gasteiger partial charge on any atom is -0.379 e. The molecule has 1 aliphatic rings. The van der Waals surface area contributed by atoms with Gasteiger partial charge in [0.2, 0.25) is 0 Å². The molecule has 132 valence electrons. The molecule has 25 heavy (non-hydrogen) atoms. The van der Waals surface area contributed by atoms with Crippen LogP contribution in [0, 0.1) is 0 Å². The van der Waals surface area contributed by atoms with Crippen LogP contribution in [0.3, 0.4) is 0 Å². The monoisotopic (exact) mass is 360 g/mol. The van der Waals surface area contributed by atoms with Gasteiger partial charge in [0.1, 0.15) is 10.6 Å². The van der Waals surface area contributed by atoms with Crippen molar-refractivity contribution in [2.45, 2.75) is 24.7 Å². The second-order valence-corrected chi connectivity index (χ2v) is 7.28. The fraction of sp³-hybridized carbons (Fsp3) is 0.278. The summed E-state index contributed by atoms with van der Waals surface area (Å²) in [5.41, 5.74) is 1.48. The number of rotatable bonds is 5. The van der Waals surface area contributed by atoms with Crippen molar-refractivity contribution in [2.75, 3.05) is 18.0 Å². The molecule has 0 atom stereocenters. The highest BCUT2D eigenvalue weighted by molar-refractivity contribution is 7.87. The van der Waals surface area contributed by atoms with E-state index in [9.17, 15) is 13.2 Å². The highest BCUT2D eigenvalue weighted by Gasteiger charge is 2.22. The lowest BCUT2D eigenvalue weighted by Crippen LogP contribution is -2.46. The van der Waals surface area contributed by atoms with Crippen molar-refractivity contribution >= 4 is 21.8 Å². The standard InChI is InChI=1S/C18H20N2O4S/c1-2-14-6-3-4-7-17(14)24-25(22,23)16-10-8-15(9-11-16)20-13-5-12-19-18(20)21/h3-4,6-11H,2,5,12-13H2,1H3,(H,19,21). The number of urea groups is 1. The molecule has 2 aromatic carbocycles. The third-order valence-corrected chi connectivity index (χ3v) is 5.32. The fourth-order valence-electron chi connectivity index (χ4n) is 2.71. The van der Waals surface area contributed by atoms with Crippen molar-refractivity contribution in [3.8, 4) is 5.75 Å². The average molecular weight is 360 g/mol. The number of aryl methyl sites for hydroxylation is 1. The molecule has 0 radical (unpaired) electrons. The number of benzene rings is 2. The first-order chi connectivity index (χ1) is 12.0. The highest BCUT2D eigenvalue weighted by atomic mass is 32.2. The van der Waals surface area contributed by atoms with Crippen LogP contribution in [0.2, 0.25) is 0 Å². The van der Waals surface area contributed by atoms with Gasteiger partial charge in [-0.05, 0) is 48.7 Å². The van der Waals surface area contributed by atoms with Gasteiger partial charge in [0.05, 0.1) is 0 Å². The summed E-state index contributed by atoms with van der Waals surface area (Å²) in [6.45, 7) is 3.21. The summed E-state index contributed by atoms with van der Waals surface area (Å²) in [6.07, 6.45) is 1.53. The van der Waals surface area contributed by atoms with E-state index in [0.29, 0.717) is 30.9 Å². The molecule has 7 heteroatoms. The fourth-order valence-corrected chi connectivity index (χ4v) is 3.68. The van der Waals surface area contributed by atoms with E-state index in [1.807, 2.05) is 19.1 Å². The normalized spacial score (nSPS) is 14.9. The molecule has 0 unspecified atom stereocenters. The van der Waals surface area contributed by atoms with Crippen molar-refractivity contribution in [3.63, 3.8) is 0 Å². The average Bonchev–Trinajstić information content (AvgIpc) is 2.62. The second-order valence-electron chi connectivity index (χ2n) is 5.73. The molecule has 2 aromatic rings. The molecule has 1 heterocycles. The molecule has 3 rings (SSSR count). The van der Waals surface area contributed by atoms with Crippen LogP contribution in [0.4, 0.5) is 10.5 Å². The SMILES string of the molecule is CCc1ccccc1OS(=O)(=O)c1ccc(N2CCCNC2=O)cc1. The lowest BCUT2D eigenvalue weighted by Gasteiger charge is -2.27. The van der Waals surface area contributed by atoms with E-state index in [2.05, 4.69) is 5.32 Å². The number of hydrogen-bond acceptors (Lipinski definition) is 4. The van der Waals surface area contributed by atoms with Crippen molar-refractivity contribution in [1.29, 1.82) is 0 Å². The molecule has 0 bridgehead atoms. The third-order valence-electron chi connectivity index (χ3n) is 4.07. The predicted molar refractivity (Wildman–Crippen MR) is 95.4 cm³/mol. The topological polar surface area (TPSA) is 75.7 Å². The molecule has 0 spiro atoms. The quantitative estimate of drug-likeness (QED) is 0.832. The maximum Gasteiger partial charge on any atom is 0.339 e. The minimum absolute atomic E-state index is 0.0552. The van der Waals surface area contributed by atoms with E-state index < -0.39 is 10.1 Å². The van der Waals surface area contributed by atoms with Gasteiger partial charge in [-0.2, -0.15) is 8.42 Å². The smallest absolute Gasteiger partial charge is 0.339 e. The number of carbonyl (C=O) groups is 1. The number of nitrogens with one attached hydrogen (secondary N) is 1. The van der Waals surface area contributed by atoms with Gasteiger partial charge < -0.3 is 9.50 Å². The van der Waals surface area contributed by atoms with Crippen molar-refractivity contribution in [2.24, 2.45) is 0 Å². The summed E-state index contributed by atoms with van der Waals surface area (Å²) in [5.74, 6) is 0.337. The zero-order valence-corrected chi connectivity index (χ0v) is 14.8. The van der Waals surface area contributed by atoms with E-state index in [1.165, 1.54) is 12.1 Å². The zero-order valence-electron chi connectivity index (χ0n) is 13.9. The number of anilines is 1. The summed E-state index contributed by atoms with van der Waals surface area (Å²) < 4.78 is 30.3. The third kappa shape index (κ3) is 3.76. The van der Waals surface area contributed by atoms with Crippen LogP contribution in [-0.2, 0) is 16.5 Å². The van der Waals surface area contributed by atoms with Crippen molar-refractivity contribution in [1.82, 2.24) is 5.32 Å². The van der Waals surface area contributed by atoms with Gasteiger partial charge in [-0.3, -0.25) is 4.90 Å². The molecule has 0 aliphatic carbocycles. The summed E-state index contributed by atoms with van der Waals surface area (Å²) >= 11 is 0. The first kappa shape index (κ1) is 17.3. The summed E-state index contributed by atoms with van der Waals surface area (Å²) in [5, 5.41) is 2.76. The van der Waals surface area contributed by atoms with Crippen LogP contribution >= 0.6 is 0 Å². The van der Waals surface area contributed by atoms with E-state index >= 15 is 0 Å². The van der Waals surface area contributed by atoms with Crippen LogP contribution in [0.15, 0.2) is 53.4 Å². The van der Waals surface area contributed by atoms with E-state index in [-0.39, 0.29) is 10.9 Å². The first-order valence-corrected chi connectivity index (χ1v) is 9.60. The Kier molecular flexibility index (Phi) is 4.94. The predicted octanol–water partition coefficient (Wildman–Crippen LogP) is 2.94. The lowest BCUT2D eigenvalue weighted by molar-refractivity contribution is 0.243. The molecule has 0 saturated carbocycles. The van der Waals surface area contributed by atoms with Crippen LogP contribution < -0.4 is 14.4 Å². The van der Waals surface area contributed by atoms with E-state index in [4.69, 9.17) is 4.18 Å². The molecular formula is C18H20N2O4S. The van der Waals surface area contributed by atoms with Crippen LogP contribution in [0.25, 0.3) is 0 Å². The lowest BCUT2D eigenvalue weighted by atomic mass is 10.1. The molecule has 0 aromatic heterocycles. The van der Waals surface area contributed by atoms with Crippen molar-refractivity contribution in [3.05, 3.63) is 54.1 Å². The van der Waals surface area contributed by atoms with Gasteiger partial charge in [0.25, 0.3) is 0 Å². The van der Waals surface area contributed by atoms with Crippen LogP contribution in [-0.4, -0.2) is 27.5 Å². The Morgan fingerprint density at radius 2 is 1.84 bits per heavy atom. The number of amides is 2. The molecule has 6 nitrogen and oxygen atoms in total. The number of hydrogen-bond donors (Lipinski definition) is 1. The highest BCUT2D eigenvalue weighted by Crippen LogP contribution is 2.25. The number of carbonyl (C=O) groups excluding carboxylic acids is 1. The van der Waals surface area contributed by atoms with Crippen molar-refractivity contribution < 1.29 is 17.4 Å². The van der Waals surface area contributed by atoms with Crippen LogP contribution in [0.5, 0.6) is 5.75 Å². The minimum atomic E-state index is -3.93. The van der Waals surface area contributed by atoms with E-state index in [0.717, 1.165) is 12.0 Å². The van der Waals surface area contributed by atoms with Gasteiger partial charge in [0.15, 0.2) is 0 Å². The Labute approximate surface area is 147 Å². The zero-order chi connectivity index (χ0) is 17.9. The molecule has 2 amide bonds. The van der Waals surface area contributed by atoms with E-state index in [1.54, 1.807) is 29.2 Å². The Morgan fingerprint density at radius 1 is 1.12 bits per heavy atom. The Morgan fingerprint density at radius 3 is 2.52 bits per heavy atom. The number of nitrogens with zero attached hydrogens (tertiary/aromatic N) is 1. The van der Waals surface area contributed by atoms with Gasteiger partial charge >= 0.3 is 16.1 Å². The second kappa shape index (κ2) is 7.14. The van der Waals surface area contributed by atoms with Gasteiger partial charge in [0, 0.05) is 18.8 Å². The summed E-state index contributed by atoms with van der Waals surface area (Å²) in [7, 11) is -3.93. The van der Waals surface area contributed by atoms with Crippen LogP contribution in [0.1, 0.15) is 18.9 Å². The molecular weight excluding hydrogens is 340 g/mol. The Hall–Kier alpha value is -2.54. The maximum atomic E-state index is 12.5. The molecule has 1 saturated heterocycles. The number of para-hydroxylation sites is 1.